The fourth-order valence-electron chi connectivity index (χ4n) is 3.19. The molecule has 3 rings (SSSR count). The quantitative estimate of drug-likeness (QED) is 0.311. The first-order valence-corrected chi connectivity index (χ1v) is 10.8. The Labute approximate surface area is 186 Å². The second-order valence-corrected chi connectivity index (χ2v) is 9.39. The summed E-state index contributed by atoms with van der Waals surface area (Å²) in [5.41, 5.74) is -0.347. The lowest BCUT2D eigenvalue weighted by Crippen LogP contribution is -2.38. The molecule has 0 amide bonds. The lowest BCUT2D eigenvalue weighted by molar-refractivity contribution is 0.440. The lowest BCUT2D eigenvalue weighted by atomic mass is 9.83. The summed E-state index contributed by atoms with van der Waals surface area (Å²) in [7, 11) is -5.04. The van der Waals surface area contributed by atoms with Crippen LogP contribution >= 0.6 is 46.4 Å². The van der Waals surface area contributed by atoms with Gasteiger partial charge in [-0.15, -0.1) is 0 Å². The number of rotatable bonds is 4. The molecule has 0 spiro atoms. The highest BCUT2D eigenvalue weighted by atomic mass is 35.5. The molecular formula is C19H12Cl4O5S. The van der Waals surface area contributed by atoms with Gasteiger partial charge in [0.25, 0.3) is 10.1 Å². The molecule has 29 heavy (non-hydrogen) atoms. The Morgan fingerprint density at radius 3 is 1.76 bits per heavy atom. The first-order valence-electron chi connectivity index (χ1n) is 7.88. The normalized spacial score (nSPS) is 13.8. The van der Waals surface area contributed by atoms with E-state index in [4.69, 9.17) is 46.4 Å². The average Bonchev–Trinajstić information content (AvgIpc) is 2.59. The van der Waals surface area contributed by atoms with E-state index < -0.39 is 20.6 Å². The van der Waals surface area contributed by atoms with Gasteiger partial charge in [0.15, 0.2) is 4.75 Å². The fraction of sp³-hybridized carbons (Fsp3) is 0.0526. The van der Waals surface area contributed by atoms with Crippen LogP contribution in [0.25, 0.3) is 0 Å². The Morgan fingerprint density at radius 2 is 1.24 bits per heavy atom. The van der Waals surface area contributed by atoms with Crippen molar-refractivity contribution in [1.82, 2.24) is 0 Å². The smallest absolute Gasteiger partial charge is 0.283 e. The minimum Gasteiger partial charge on any atom is -0.508 e. The van der Waals surface area contributed by atoms with Crippen LogP contribution in [0.1, 0.15) is 16.7 Å². The van der Waals surface area contributed by atoms with Crippen molar-refractivity contribution < 1.29 is 23.2 Å². The van der Waals surface area contributed by atoms with E-state index in [1.165, 1.54) is 42.5 Å². The molecule has 0 heterocycles. The molecule has 1 atom stereocenters. The predicted octanol–water partition coefficient (Wildman–Crippen LogP) is 5.89. The molecule has 10 heteroatoms. The molecule has 0 fully saturated rings. The van der Waals surface area contributed by atoms with Gasteiger partial charge in [-0.3, -0.25) is 4.55 Å². The Kier molecular flexibility index (Phi) is 5.98. The Bertz CT molecular complexity index is 1180. The molecule has 0 saturated heterocycles. The third-order valence-electron chi connectivity index (χ3n) is 4.35. The maximum Gasteiger partial charge on any atom is 0.283 e. The number of hydrogen-bond donors (Lipinski definition) is 3. The zero-order valence-electron chi connectivity index (χ0n) is 14.3. The highest BCUT2D eigenvalue weighted by molar-refractivity contribution is 7.87. The van der Waals surface area contributed by atoms with Gasteiger partial charge in [-0.1, -0.05) is 58.5 Å². The van der Waals surface area contributed by atoms with E-state index in [0.29, 0.717) is 0 Å². The number of benzene rings is 3. The molecule has 5 nitrogen and oxygen atoms in total. The van der Waals surface area contributed by atoms with Crippen LogP contribution in [0, 0.1) is 0 Å². The van der Waals surface area contributed by atoms with Gasteiger partial charge in [0, 0.05) is 21.7 Å². The maximum atomic E-state index is 12.9. The van der Waals surface area contributed by atoms with Crippen molar-refractivity contribution in [2.45, 2.75) is 4.75 Å². The molecule has 3 aromatic carbocycles. The summed E-state index contributed by atoms with van der Waals surface area (Å²) in [4.78, 5) is 0. The van der Waals surface area contributed by atoms with Gasteiger partial charge < -0.3 is 10.2 Å². The maximum absolute atomic E-state index is 12.9. The first kappa shape index (κ1) is 22.0. The van der Waals surface area contributed by atoms with Crippen LogP contribution in [0.5, 0.6) is 11.5 Å². The minimum atomic E-state index is -5.04. The third kappa shape index (κ3) is 3.89. The van der Waals surface area contributed by atoms with Crippen molar-refractivity contribution in [2.75, 3.05) is 0 Å². The monoisotopic (exact) mass is 492 g/mol. The molecular weight excluding hydrogens is 482 g/mol. The second-order valence-electron chi connectivity index (χ2n) is 6.14. The molecule has 0 bridgehead atoms. The number of halogens is 4. The van der Waals surface area contributed by atoms with Crippen LogP contribution < -0.4 is 0 Å². The van der Waals surface area contributed by atoms with E-state index in [-0.39, 0.29) is 42.5 Å². The van der Waals surface area contributed by atoms with E-state index in [2.05, 4.69) is 0 Å². The van der Waals surface area contributed by atoms with Gasteiger partial charge >= 0.3 is 0 Å². The summed E-state index contributed by atoms with van der Waals surface area (Å²) in [6.07, 6.45) is 0. The minimum absolute atomic E-state index is 0.00942. The molecule has 0 aromatic heterocycles. The molecule has 3 aromatic rings. The summed E-state index contributed by atoms with van der Waals surface area (Å²) >= 11 is 24.2. The van der Waals surface area contributed by atoms with Crippen molar-refractivity contribution in [2.24, 2.45) is 0 Å². The highest BCUT2D eigenvalue weighted by Gasteiger charge is 2.50. The van der Waals surface area contributed by atoms with Gasteiger partial charge in [-0.25, -0.2) is 0 Å². The van der Waals surface area contributed by atoms with Crippen LogP contribution in [0.2, 0.25) is 20.1 Å². The number of hydrogen-bond acceptors (Lipinski definition) is 4. The summed E-state index contributed by atoms with van der Waals surface area (Å²) < 4.78 is 33.9. The Morgan fingerprint density at radius 1 is 0.724 bits per heavy atom. The predicted molar refractivity (Wildman–Crippen MR) is 114 cm³/mol. The van der Waals surface area contributed by atoms with Gasteiger partial charge in [-0.05, 0) is 47.5 Å². The van der Waals surface area contributed by atoms with E-state index in [1.54, 1.807) is 0 Å². The molecule has 1 unspecified atom stereocenters. The summed E-state index contributed by atoms with van der Waals surface area (Å²) in [6, 6.07) is 11.2. The molecule has 0 aliphatic carbocycles. The van der Waals surface area contributed by atoms with Crippen molar-refractivity contribution >= 4 is 56.5 Å². The van der Waals surface area contributed by atoms with E-state index in [0.717, 1.165) is 12.1 Å². The van der Waals surface area contributed by atoms with Gasteiger partial charge in [0.2, 0.25) is 0 Å². The fourth-order valence-corrected chi connectivity index (χ4v) is 5.32. The SMILES string of the molecule is O=S(=O)(O)C(c1ccc(O)cc1)(c1cc(Cl)cc(Cl)c1)c1cc(Cl)c(Cl)cc1O. The topological polar surface area (TPSA) is 94.8 Å². The number of phenols is 2. The Balaban J connectivity index is 2.58. The van der Waals surface area contributed by atoms with Crippen LogP contribution in [0.4, 0.5) is 0 Å². The summed E-state index contributed by atoms with van der Waals surface area (Å²) in [5, 5.41) is 20.4. The highest BCUT2D eigenvalue weighted by Crippen LogP contribution is 2.49. The molecule has 0 aliphatic rings. The standard InChI is InChI=1S/C19H12Cl4O5S/c20-12-5-11(6-13(21)7-12)19(29(26,27)28,10-1-3-14(24)4-2-10)15-8-16(22)17(23)9-18(15)25/h1-9,24-25H,(H,26,27,28). The van der Waals surface area contributed by atoms with Crippen LogP contribution in [0.15, 0.2) is 54.6 Å². The van der Waals surface area contributed by atoms with Crippen molar-refractivity contribution in [3.8, 4) is 11.5 Å². The largest absolute Gasteiger partial charge is 0.508 e. The Hall–Kier alpha value is -1.67. The van der Waals surface area contributed by atoms with Gasteiger partial charge in [-0.2, -0.15) is 8.42 Å². The molecule has 3 N–H and O–H groups in total. The van der Waals surface area contributed by atoms with Gasteiger partial charge in [0.1, 0.15) is 11.5 Å². The molecule has 152 valence electrons. The van der Waals surface area contributed by atoms with E-state index >= 15 is 0 Å². The molecule has 0 radical (unpaired) electrons. The van der Waals surface area contributed by atoms with Crippen LogP contribution in [0.3, 0.4) is 0 Å². The zero-order chi connectivity index (χ0) is 21.6. The first-order chi connectivity index (χ1) is 13.5. The number of phenolic OH excluding ortho intramolecular Hbond substituents is 2. The van der Waals surface area contributed by atoms with Crippen LogP contribution in [-0.2, 0) is 14.9 Å². The summed E-state index contributed by atoms with van der Waals surface area (Å²) in [5.74, 6) is -0.679. The number of aromatic hydroxyl groups is 2. The third-order valence-corrected chi connectivity index (χ3v) is 6.97. The molecule has 0 saturated carbocycles. The van der Waals surface area contributed by atoms with Crippen LogP contribution in [-0.4, -0.2) is 23.2 Å². The zero-order valence-corrected chi connectivity index (χ0v) is 18.1. The second kappa shape index (κ2) is 7.87. The van der Waals surface area contributed by atoms with E-state index in [1.807, 2.05) is 0 Å². The summed E-state index contributed by atoms with van der Waals surface area (Å²) in [6.45, 7) is 0. The lowest BCUT2D eigenvalue weighted by Gasteiger charge is -2.33. The average molecular weight is 494 g/mol. The van der Waals surface area contributed by atoms with E-state index in [9.17, 15) is 23.2 Å². The van der Waals surface area contributed by atoms with Crippen molar-refractivity contribution in [3.05, 3.63) is 91.4 Å². The molecule has 0 aliphatic heterocycles. The van der Waals surface area contributed by atoms with Gasteiger partial charge in [0.05, 0.1) is 10.0 Å². The van der Waals surface area contributed by atoms with Crippen molar-refractivity contribution in [3.63, 3.8) is 0 Å². The van der Waals surface area contributed by atoms with Crippen molar-refractivity contribution in [1.29, 1.82) is 0 Å².